The lowest BCUT2D eigenvalue weighted by Crippen LogP contribution is -2.16. The Morgan fingerprint density at radius 3 is 2.43 bits per heavy atom. The first-order valence-corrected chi connectivity index (χ1v) is 8.64. The van der Waals surface area contributed by atoms with Crippen LogP contribution in [0.5, 0.6) is 5.75 Å². The van der Waals surface area contributed by atoms with Gasteiger partial charge in [0.25, 0.3) is 5.91 Å². The van der Waals surface area contributed by atoms with Crippen molar-refractivity contribution in [2.45, 2.75) is 32.8 Å². The zero-order valence-electron chi connectivity index (χ0n) is 15.8. The van der Waals surface area contributed by atoms with Crippen LogP contribution in [0, 0.1) is 11.6 Å². The van der Waals surface area contributed by atoms with Gasteiger partial charge in [-0.25, -0.2) is 8.78 Å². The van der Waals surface area contributed by atoms with Crippen molar-refractivity contribution < 1.29 is 22.8 Å². The number of aromatic nitrogens is 1. The Bertz CT molecular complexity index is 1010. The molecule has 146 valence electrons. The smallest absolute Gasteiger partial charge is 0.254 e. The van der Waals surface area contributed by atoms with Crippen LogP contribution < -0.4 is 10.5 Å². The maximum atomic E-state index is 14.2. The minimum absolute atomic E-state index is 0.0460. The molecular weight excluding hydrogens is 366 g/mol. The van der Waals surface area contributed by atoms with Crippen molar-refractivity contribution in [1.82, 2.24) is 5.16 Å². The first-order valence-electron chi connectivity index (χ1n) is 8.64. The van der Waals surface area contributed by atoms with Crippen LogP contribution in [0.25, 0.3) is 11.3 Å². The van der Waals surface area contributed by atoms with Gasteiger partial charge in [0.15, 0.2) is 17.3 Å². The predicted octanol–water partition coefficient (Wildman–Crippen LogP) is 4.60. The Kier molecular flexibility index (Phi) is 5.18. The van der Waals surface area contributed by atoms with Crippen LogP contribution in [0.2, 0.25) is 0 Å². The second-order valence-electron chi connectivity index (χ2n) is 7.39. The third-order valence-corrected chi connectivity index (χ3v) is 4.28. The van der Waals surface area contributed by atoms with Gasteiger partial charge in [-0.05, 0) is 23.1 Å². The summed E-state index contributed by atoms with van der Waals surface area (Å²) in [5.41, 5.74) is 6.87. The SMILES string of the molecule is CC(C)(C)c1ccc(-c2cc(COc3ccc(F)c(C(N)=O)c3F)on2)cc1. The van der Waals surface area contributed by atoms with Crippen molar-refractivity contribution in [2.24, 2.45) is 5.73 Å². The molecule has 5 nitrogen and oxygen atoms in total. The van der Waals surface area contributed by atoms with Gasteiger partial charge in [-0.15, -0.1) is 0 Å². The van der Waals surface area contributed by atoms with E-state index in [4.69, 9.17) is 15.0 Å². The Balaban J connectivity index is 1.74. The van der Waals surface area contributed by atoms with Crippen LogP contribution in [0.4, 0.5) is 8.78 Å². The van der Waals surface area contributed by atoms with Crippen molar-refractivity contribution in [3.05, 3.63) is 71.0 Å². The molecule has 0 spiro atoms. The fraction of sp³-hybridized carbons (Fsp3) is 0.238. The van der Waals surface area contributed by atoms with Gasteiger partial charge >= 0.3 is 0 Å². The molecule has 2 N–H and O–H groups in total. The van der Waals surface area contributed by atoms with Crippen molar-refractivity contribution >= 4 is 5.91 Å². The second kappa shape index (κ2) is 7.42. The lowest BCUT2D eigenvalue weighted by Gasteiger charge is -2.18. The van der Waals surface area contributed by atoms with Crippen LogP contribution in [-0.2, 0) is 12.0 Å². The Morgan fingerprint density at radius 2 is 1.82 bits per heavy atom. The minimum Gasteiger partial charge on any atom is -0.482 e. The van der Waals surface area contributed by atoms with E-state index < -0.39 is 23.1 Å². The molecule has 0 aliphatic rings. The first-order chi connectivity index (χ1) is 13.2. The van der Waals surface area contributed by atoms with Gasteiger partial charge in [0.1, 0.15) is 23.7 Å². The van der Waals surface area contributed by atoms with E-state index in [1.165, 1.54) is 5.56 Å². The third kappa shape index (κ3) is 4.03. The van der Waals surface area contributed by atoms with E-state index in [0.717, 1.165) is 17.7 Å². The number of nitrogens with two attached hydrogens (primary N) is 1. The molecule has 0 saturated carbocycles. The maximum absolute atomic E-state index is 14.2. The molecular formula is C21H20F2N2O3. The van der Waals surface area contributed by atoms with Gasteiger partial charge in [-0.1, -0.05) is 50.2 Å². The van der Waals surface area contributed by atoms with E-state index in [2.05, 4.69) is 25.9 Å². The molecule has 7 heteroatoms. The highest BCUT2D eigenvalue weighted by atomic mass is 19.1. The Labute approximate surface area is 161 Å². The largest absolute Gasteiger partial charge is 0.482 e. The van der Waals surface area contributed by atoms with Gasteiger partial charge in [-0.2, -0.15) is 0 Å². The summed E-state index contributed by atoms with van der Waals surface area (Å²) in [5.74, 6) is -3.36. The number of primary amides is 1. The summed E-state index contributed by atoms with van der Waals surface area (Å²) in [6.45, 7) is 6.25. The predicted molar refractivity (Wildman–Crippen MR) is 99.8 cm³/mol. The van der Waals surface area contributed by atoms with Crippen LogP contribution in [0.15, 0.2) is 47.0 Å². The summed E-state index contributed by atoms with van der Waals surface area (Å²) in [4.78, 5) is 11.2. The van der Waals surface area contributed by atoms with E-state index in [-0.39, 0.29) is 17.8 Å². The summed E-state index contributed by atoms with van der Waals surface area (Å²) >= 11 is 0. The van der Waals surface area contributed by atoms with Gasteiger partial charge in [0, 0.05) is 11.6 Å². The summed E-state index contributed by atoms with van der Waals surface area (Å²) in [7, 11) is 0. The number of nitrogens with zero attached hydrogens (tertiary/aromatic N) is 1. The average molecular weight is 386 g/mol. The summed E-state index contributed by atoms with van der Waals surface area (Å²) in [5, 5.41) is 3.99. The number of hydrogen-bond acceptors (Lipinski definition) is 4. The summed E-state index contributed by atoms with van der Waals surface area (Å²) < 4.78 is 38.2. The highest BCUT2D eigenvalue weighted by Crippen LogP contribution is 2.27. The zero-order chi connectivity index (χ0) is 20.5. The average Bonchev–Trinajstić information content (AvgIpc) is 3.09. The maximum Gasteiger partial charge on any atom is 0.254 e. The number of rotatable bonds is 5. The molecule has 0 aliphatic heterocycles. The topological polar surface area (TPSA) is 78.4 Å². The fourth-order valence-electron chi connectivity index (χ4n) is 2.68. The molecule has 1 heterocycles. The third-order valence-electron chi connectivity index (χ3n) is 4.28. The van der Waals surface area contributed by atoms with E-state index in [0.29, 0.717) is 11.5 Å². The van der Waals surface area contributed by atoms with Gasteiger partial charge in [0.05, 0.1) is 0 Å². The van der Waals surface area contributed by atoms with Crippen LogP contribution >= 0.6 is 0 Å². The zero-order valence-corrected chi connectivity index (χ0v) is 15.8. The normalized spacial score (nSPS) is 11.5. The van der Waals surface area contributed by atoms with Crippen molar-refractivity contribution in [3.8, 4) is 17.0 Å². The number of benzene rings is 2. The number of amides is 1. The summed E-state index contributed by atoms with van der Waals surface area (Å²) in [6.07, 6.45) is 0. The summed E-state index contributed by atoms with van der Waals surface area (Å²) in [6, 6.07) is 11.6. The van der Waals surface area contributed by atoms with Gasteiger partial charge in [-0.3, -0.25) is 4.79 Å². The number of hydrogen-bond donors (Lipinski definition) is 1. The molecule has 1 amide bonds. The van der Waals surface area contributed by atoms with E-state index in [1.54, 1.807) is 6.07 Å². The number of carbonyl (C=O) groups excluding carboxylic acids is 1. The highest BCUT2D eigenvalue weighted by molar-refractivity contribution is 5.93. The van der Waals surface area contributed by atoms with Crippen molar-refractivity contribution in [1.29, 1.82) is 0 Å². The standard InChI is InChI=1S/C21H20F2N2O3/c1-21(2,3)13-6-4-12(5-7-13)16-10-14(28-25-16)11-27-17-9-8-15(22)18(19(17)23)20(24)26/h4-10H,11H2,1-3H3,(H2,24,26). The molecule has 0 saturated heterocycles. The molecule has 2 aromatic carbocycles. The molecule has 0 fully saturated rings. The van der Waals surface area contributed by atoms with Crippen LogP contribution in [-0.4, -0.2) is 11.1 Å². The number of carbonyl (C=O) groups is 1. The molecule has 0 bridgehead atoms. The fourth-order valence-corrected chi connectivity index (χ4v) is 2.68. The molecule has 1 aromatic heterocycles. The molecule has 28 heavy (non-hydrogen) atoms. The Hall–Kier alpha value is -3.22. The molecule has 0 unspecified atom stereocenters. The van der Waals surface area contributed by atoms with E-state index >= 15 is 0 Å². The van der Waals surface area contributed by atoms with E-state index in [1.807, 2.05) is 24.3 Å². The quantitative estimate of drug-likeness (QED) is 0.695. The van der Waals surface area contributed by atoms with E-state index in [9.17, 15) is 13.6 Å². The number of halogens is 2. The molecule has 0 atom stereocenters. The monoisotopic (exact) mass is 386 g/mol. The molecule has 3 rings (SSSR count). The van der Waals surface area contributed by atoms with Crippen molar-refractivity contribution in [3.63, 3.8) is 0 Å². The van der Waals surface area contributed by atoms with Gasteiger partial charge in [0.2, 0.25) is 0 Å². The lowest BCUT2D eigenvalue weighted by molar-refractivity contribution is 0.0991. The molecule has 0 radical (unpaired) electrons. The van der Waals surface area contributed by atoms with Crippen LogP contribution in [0.3, 0.4) is 0 Å². The number of ether oxygens (including phenoxy) is 1. The molecule has 0 aliphatic carbocycles. The lowest BCUT2D eigenvalue weighted by atomic mass is 9.86. The first kappa shape index (κ1) is 19.5. The van der Waals surface area contributed by atoms with Crippen molar-refractivity contribution in [2.75, 3.05) is 0 Å². The highest BCUT2D eigenvalue weighted by Gasteiger charge is 2.20. The molecule has 3 aromatic rings. The second-order valence-corrected chi connectivity index (χ2v) is 7.39. The Morgan fingerprint density at radius 1 is 1.14 bits per heavy atom. The van der Waals surface area contributed by atoms with Crippen LogP contribution in [0.1, 0.15) is 42.5 Å². The minimum atomic E-state index is -1.21. The van der Waals surface area contributed by atoms with Gasteiger partial charge < -0.3 is 15.0 Å².